The summed E-state index contributed by atoms with van der Waals surface area (Å²) in [4.78, 5) is 12.0. The van der Waals surface area contributed by atoms with E-state index in [2.05, 4.69) is 15.7 Å². The van der Waals surface area contributed by atoms with E-state index in [0.29, 0.717) is 30.4 Å². The van der Waals surface area contributed by atoms with E-state index in [1.165, 1.54) is 12.1 Å². The molecule has 3 aromatic rings. The van der Waals surface area contributed by atoms with Gasteiger partial charge in [0.2, 0.25) is 5.91 Å². The van der Waals surface area contributed by atoms with Gasteiger partial charge in [0, 0.05) is 36.7 Å². The molecule has 2 N–H and O–H groups in total. The van der Waals surface area contributed by atoms with Gasteiger partial charge in [-0.3, -0.25) is 4.79 Å². The zero-order valence-corrected chi connectivity index (χ0v) is 16.1. The second-order valence-electron chi connectivity index (χ2n) is 6.91. The van der Waals surface area contributed by atoms with Crippen molar-refractivity contribution in [3.05, 3.63) is 76.3 Å². The number of fused-ring (bicyclic) bond motifs is 1. The third-order valence-electron chi connectivity index (χ3n) is 4.99. The number of nitrogens with zero attached hydrogens (tertiary/aromatic N) is 2. The van der Waals surface area contributed by atoms with Crippen LogP contribution in [0.15, 0.2) is 48.5 Å². The highest BCUT2D eigenvalue weighted by molar-refractivity contribution is 6.30. The second kappa shape index (κ2) is 7.73. The van der Waals surface area contributed by atoms with Crippen LogP contribution >= 0.6 is 11.6 Å². The van der Waals surface area contributed by atoms with E-state index >= 15 is 0 Å². The molecule has 1 aliphatic rings. The zero-order chi connectivity index (χ0) is 19.7. The molecule has 1 unspecified atom stereocenters. The Hall–Kier alpha value is -2.70. The van der Waals surface area contributed by atoms with Gasteiger partial charge in [0.15, 0.2) is 0 Å². The number of benzene rings is 2. The van der Waals surface area contributed by atoms with Gasteiger partial charge >= 0.3 is 0 Å². The molecule has 2 aromatic carbocycles. The van der Waals surface area contributed by atoms with Gasteiger partial charge in [-0.1, -0.05) is 29.8 Å². The first-order valence-corrected chi connectivity index (χ1v) is 9.50. The number of halogens is 2. The minimum atomic E-state index is -0.303. The smallest absolute Gasteiger partial charge is 0.225 e. The third-order valence-corrected chi connectivity index (χ3v) is 5.38. The molecule has 0 saturated heterocycles. The number of aromatic nitrogens is 2. The average molecular weight is 399 g/mol. The lowest BCUT2D eigenvalue weighted by molar-refractivity contribution is -0.116. The molecule has 0 radical (unpaired) electrons. The van der Waals surface area contributed by atoms with Gasteiger partial charge in [-0.15, -0.1) is 0 Å². The van der Waals surface area contributed by atoms with Crippen LogP contribution in [0.4, 0.5) is 10.1 Å². The average Bonchev–Trinajstić information content (AvgIpc) is 2.96. The van der Waals surface area contributed by atoms with E-state index in [4.69, 9.17) is 11.6 Å². The molecule has 4 rings (SSSR count). The minimum absolute atomic E-state index is 0.0313. The molecule has 0 spiro atoms. The number of carbonyl (C=O) groups is 1. The molecular formula is C21H20ClFN4O. The van der Waals surface area contributed by atoms with Crippen molar-refractivity contribution in [2.24, 2.45) is 0 Å². The van der Waals surface area contributed by atoms with E-state index in [0.717, 1.165) is 22.5 Å². The van der Waals surface area contributed by atoms with Crippen molar-refractivity contribution < 1.29 is 9.18 Å². The van der Waals surface area contributed by atoms with Crippen LogP contribution in [-0.4, -0.2) is 22.2 Å². The number of hydrogen-bond acceptors (Lipinski definition) is 3. The highest BCUT2D eigenvalue weighted by Crippen LogP contribution is 2.31. The fraction of sp³-hybridized carbons (Fsp3) is 0.238. The Balaban J connectivity index is 1.48. The summed E-state index contributed by atoms with van der Waals surface area (Å²) in [5.41, 5.74) is 4.42. The predicted octanol–water partition coefficient (Wildman–Crippen LogP) is 4.19. The van der Waals surface area contributed by atoms with E-state index in [1.54, 1.807) is 16.8 Å². The maximum absolute atomic E-state index is 13.2. The van der Waals surface area contributed by atoms with Gasteiger partial charge in [-0.25, -0.2) is 9.07 Å². The summed E-state index contributed by atoms with van der Waals surface area (Å²) in [6.45, 7) is 3.08. The number of para-hydroxylation sites is 1. The molecule has 7 heteroatoms. The topological polar surface area (TPSA) is 59.0 Å². The molecular weight excluding hydrogens is 379 g/mol. The van der Waals surface area contributed by atoms with Crippen molar-refractivity contribution in [1.29, 1.82) is 0 Å². The van der Waals surface area contributed by atoms with Gasteiger partial charge in [0.05, 0.1) is 11.4 Å². The Labute approximate surface area is 167 Å². The van der Waals surface area contributed by atoms with Crippen LogP contribution in [0.1, 0.15) is 29.2 Å². The largest absolute Gasteiger partial charge is 0.326 e. The lowest BCUT2D eigenvalue weighted by Gasteiger charge is -2.25. The normalized spacial score (nSPS) is 16.0. The minimum Gasteiger partial charge on any atom is -0.326 e. The Morgan fingerprint density at radius 2 is 2.00 bits per heavy atom. The fourth-order valence-corrected chi connectivity index (χ4v) is 3.88. The number of rotatable bonds is 5. The predicted molar refractivity (Wildman–Crippen MR) is 107 cm³/mol. The Kier molecular flexibility index (Phi) is 5.15. The van der Waals surface area contributed by atoms with Crippen LogP contribution < -0.4 is 10.6 Å². The Morgan fingerprint density at radius 3 is 2.79 bits per heavy atom. The Morgan fingerprint density at radius 1 is 1.25 bits per heavy atom. The number of aryl methyl sites for hydroxylation is 1. The number of nitrogens with one attached hydrogen (secondary N) is 2. The molecule has 0 aliphatic carbocycles. The first-order chi connectivity index (χ1) is 13.5. The zero-order valence-electron chi connectivity index (χ0n) is 15.4. The molecule has 1 aliphatic heterocycles. The number of hydrogen-bond donors (Lipinski definition) is 2. The summed E-state index contributed by atoms with van der Waals surface area (Å²) >= 11 is 6.53. The van der Waals surface area contributed by atoms with Crippen LogP contribution in [0, 0.1) is 12.7 Å². The van der Waals surface area contributed by atoms with Crippen LogP contribution in [-0.2, 0) is 11.3 Å². The first-order valence-electron chi connectivity index (χ1n) is 9.12. The lowest BCUT2D eigenvalue weighted by Crippen LogP contribution is -2.29. The van der Waals surface area contributed by atoms with Crippen molar-refractivity contribution in [2.75, 3.05) is 11.9 Å². The lowest BCUT2D eigenvalue weighted by atomic mass is 9.90. The number of anilines is 1. The highest BCUT2D eigenvalue weighted by atomic mass is 35.5. The van der Waals surface area contributed by atoms with Gasteiger partial charge in [0.25, 0.3) is 0 Å². The molecule has 0 fully saturated rings. The number of amides is 1. The third kappa shape index (κ3) is 3.66. The maximum atomic E-state index is 13.2. The molecule has 5 nitrogen and oxygen atoms in total. The van der Waals surface area contributed by atoms with E-state index in [-0.39, 0.29) is 17.6 Å². The molecule has 1 aromatic heterocycles. The summed E-state index contributed by atoms with van der Waals surface area (Å²) in [6.07, 6.45) is 0.450. The standard InChI is InChI=1S/C21H20ClFN4O/c1-13-18(21(22)27(26-13)16-8-6-15(23)7-9-16)12-24-11-14-10-20(28)25-19-5-3-2-4-17(14)19/h2-9,14,24H,10-12H2,1H3,(H,25,28). The van der Waals surface area contributed by atoms with Crippen molar-refractivity contribution in [2.45, 2.75) is 25.8 Å². The summed E-state index contributed by atoms with van der Waals surface area (Å²) < 4.78 is 14.8. The second-order valence-corrected chi connectivity index (χ2v) is 7.27. The van der Waals surface area contributed by atoms with Crippen molar-refractivity contribution in [3.63, 3.8) is 0 Å². The molecule has 28 heavy (non-hydrogen) atoms. The van der Waals surface area contributed by atoms with Gasteiger partial charge in [-0.05, 0) is 42.8 Å². The van der Waals surface area contributed by atoms with Gasteiger partial charge < -0.3 is 10.6 Å². The van der Waals surface area contributed by atoms with Crippen LogP contribution in [0.25, 0.3) is 5.69 Å². The van der Waals surface area contributed by atoms with Crippen LogP contribution in [0.2, 0.25) is 5.15 Å². The summed E-state index contributed by atoms with van der Waals surface area (Å²) in [7, 11) is 0. The van der Waals surface area contributed by atoms with Gasteiger partial charge in [-0.2, -0.15) is 5.10 Å². The quantitative estimate of drug-likeness (QED) is 0.677. The maximum Gasteiger partial charge on any atom is 0.225 e. The highest BCUT2D eigenvalue weighted by Gasteiger charge is 2.24. The van der Waals surface area contributed by atoms with E-state index in [1.807, 2.05) is 31.2 Å². The monoisotopic (exact) mass is 398 g/mol. The molecule has 0 saturated carbocycles. The van der Waals surface area contributed by atoms with Gasteiger partial charge in [0.1, 0.15) is 11.0 Å². The molecule has 0 bridgehead atoms. The molecule has 144 valence electrons. The fourth-order valence-electron chi connectivity index (χ4n) is 3.54. The SMILES string of the molecule is Cc1nn(-c2ccc(F)cc2)c(Cl)c1CNCC1CC(=O)Nc2ccccc21. The van der Waals surface area contributed by atoms with E-state index in [9.17, 15) is 9.18 Å². The Bertz CT molecular complexity index is 1020. The summed E-state index contributed by atoms with van der Waals surface area (Å²) in [5.74, 6) is -0.164. The molecule has 1 amide bonds. The molecule has 2 heterocycles. The first kappa shape index (κ1) is 18.7. The summed E-state index contributed by atoms with van der Waals surface area (Å²) in [5, 5.41) is 11.3. The van der Waals surface area contributed by atoms with Crippen molar-refractivity contribution >= 4 is 23.2 Å². The van der Waals surface area contributed by atoms with Crippen molar-refractivity contribution in [3.8, 4) is 5.69 Å². The van der Waals surface area contributed by atoms with Crippen molar-refractivity contribution in [1.82, 2.24) is 15.1 Å². The molecule has 1 atom stereocenters. The number of carbonyl (C=O) groups excluding carboxylic acids is 1. The van der Waals surface area contributed by atoms with E-state index < -0.39 is 0 Å². The van der Waals surface area contributed by atoms with Crippen LogP contribution in [0.5, 0.6) is 0 Å². The van der Waals surface area contributed by atoms with Crippen LogP contribution in [0.3, 0.4) is 0 Å². The summed E-state index contributed by atoms with van der Waals surface area (Å²) in [6, 6.07) is 13.9.